The van der Waals surface area contributed by atoms with Crippen molar-refractivity contribution in [2.75, 3.05) is 18.0 Å². The van der Waals surface area contributed by atoms with Gasteiger partial charge in [0, 0.05) is 24.0 Å². The highest BCUT2D eigenvalue weighted by molar-refractivity contribution is 9.11. The molecule has 1 unspecified atom stereocenters. The van der Waals surface area contributed by atoms with Gasteiger partial charge in [0.25, 0.3) is 5.56 Å². The molecule has 0 N–H and O–H groups in total. The Hall–Kier alpha value is -1.14. The minimum absolute atomic E-state index is 0.0322. The van der Waals surface area contributed by atoms with E-state index in [9.17, 15) is 4.79 Å². The van der Waals surface area contributed by atoms with Crippen molar-refractivity contribution in [3.63, 3.8) is 0 Å². The number of hydrogen-bond donors (Lipinski definition) is 0. The fourth-order valence-corrected chi connectivity index (χ4v) is 4.19. The number of aromatic nitrogens is 2. The lowest BCUT2D eigenvalue weighted by Gasteiger charge is -2.32. The van der Waals surface area contributed by atoms with Crippen molar-refractivity contribution < 1.29 is 0 Å². The standard InChI is InChI=1S/C15H18BrN3OS/c1-11-3-2-6-18(9-11)12-7-15(20)19(17-8-12)10-13-4-5-14(16)21-13/h4-5,7-8,11H,2-3,6,9-10H2,1H3. The van der Waals surface area contributed by atoms with Crippen LogP contribution in [0.2, 0.25) is 0 Å². The number of anilines is 1. The molecule has 0 bridgehead atoms. The van der Waals surface area contributed by atoms with E-state index in [1.165, 1.54) is 17.5 Å². The third kappa shape index (κ3) is 3.55. The molecule has 0 aromatic carbocycles. The Labute approximate surface area is 136 Å². The van der Waals surface area contributed by atoms with Crippen LogP contribution in [0.25, 0.3) is 0 Å². The summed E-state index contributed by atoms with van der Waals surface area (Å²) in [4.78, 5) is 15.6. The van der Waals surface area contributed by atoms with Gasteiger partial charge in [-0.25, -0.2) is 4.68 Å². The summed E-state index contributed by atoms with van der Waals surface area (Å²) in [6.07, 6.45) is 4.28. The van der Waals surface area contributed by atoms with Gasteiger partial charge in [0.1, 0.15) is 0 Å². The molecule has 0 amide bonds. The highest BCUT2D eigenvalue weighted by Crippen LogP contribution is 2.23. The van der Waals surface area contributed by atoms with Crippen molar-refractivity contribution in [2.24, 2.45) is 5.92 Å². The van der Waals surface area contributed by atoms with E-state index in [1.54, 1.807) is 17.4 Å². The predicted octanol–water partition coefficient (Wildman–Crippen LogP) is 3.35. The molecule has 0 spiro atoms. The second-order valence-electron chi connectivity index (χ2n) is 5.61. The Morgan fingerprint density at radius 3 is 3.00 bits per heavy atom. The number of thiophene rings is 1. The first-order valence-corrected chi connectivity index (χ1v) is 8.79. The molecule has 2 aromatic rings. The zero-order chi connectivity index (χ0) is 14.8. The van der Waals surface area contributed by atoms with Crippen molar-refractivity contribution in [1.82, 2.24) is 9.78 Å². The topological polar surface area (TPSA) is 38.1 Å². The average molecular weight is 368 g/mol. The average Bonchev–Trinajstić information content (AvgIpc) is 2.86. The Morgan fingerprint density at radius 2 is 2.33 bits per heavy atom. The van der Waals surface area contributed by atoms with Crippen molar-refractivity contribution in [3.05, 3.63) is 43.4 Å². The zero-order valence-electron chi connectivity index (χ0n) is 12.0. The van der Waals surface area contributed by atoms with Crippen LogP contribution < -0.4 is 10.5 Å². The van der Waals surface area contributed by atoms with Crippen LogP contribution in [-0.4, -0.2) is 22.9 Å². The van der Waals surface area contributed by atoms with E-state index < -0.39 is 0 Å². The Morgan fingerprint density at radius 1 is 1.48 bits per heavy atom. The summed E-state index contributed by atoms with van der Waals surface area (Å²) < 4.78 is 2.60. The predicted molar refractivity (Wildman–Crippen MR) is 90.2 cm³/mol. The summed E-state index contributed by atoms with van der Waals surface area (Å²) in [6.45, 7) is 4.83. The lowest BCUT2D eigenvalue weighted by Crippen LogP contribution is -2.35. The summed E-state index contributed by atoms with van der Waals surface area (Å²) in [7, 11) is 0. The minimum Gasteiger partial charge on any atom is -0.370 e. The zero-order valence-corrected chi connectivity index (χ0v) is 14.4. The highest BCUT2D eigenvalue weighted by Gasteiger charge is 2.17. The summed E-state index contributed by atoms with van der Waals surface area (Å²) >= 11 is 5.07. The summed E-state index contributed by atoms with van der Waals surface area (Å²) in [5.41, 5.74) is 0.922. The van der Waals surface area contributed by atoms with Gasteiger partial charge >= 0.3 is 0 Å². The van der Waals surface area contributed by atoms with E-state index in [4.69, 9.17) is 0 Å². The van der Waals surface area contributed by atoms with Crippen molar-refractivity contribution in [2.45, 2.75) is 26.3 Å². The summed E-state index contributed by atoms with van der Waals surface area (Å²) in [5.74, 6) is 0.685. The molecule has 112 valence electrons. The van der Waals surface area contributed by atoms with Gasteiger partial charge in [0.15, 0.2) is 0 Å². The monoisotopic (exact) mass is 367 g/mol. The summed E-state index contributed by atoms with van der Waals surface area (Å²) in [6, 6.07) is 5.73. The second-order valence-corrected chi connectivity index (χ2v) is 8.16. The van der Waals surface area contributed by atoms with Gasteiger partial charge in [-0.05, 0) is 46.8 Å². The van der Waals surface area contributed by atoms with Crippen LogP contribution in [-0.2, 0) is 6.54 Å². The molecule has 0 aliphatic carbocycles. The van der Waals surface area contributed by atoms with E-state index in [-0.39, 0.29) is 5.56 Å². The SMILES string of the molecule is CC1CCCN(c2cnn(Cc3ccc(Br)s3)c(=O)c2)C1. The van der Waals surface area contributed by atoms with Gasteiger partial charge < -0.3 is 4.90 Å². The number of piperidine rings is 1. The van der Waals surface area contributed by atoms with Gasteiger partial charge in [0.05, 0.1) is 22.2 Å². The second kappa shape index (κ2) is 6.32. The third-order valence-corrected chi connectivity index (χ3v) is 5.42. The van der Waals surface area contributed by atoms with E-state index >= 15 is 0 Å². The van der Waals surface area contributed by atoms with Crippen molar-refractivity contribution in [1.29, 1.82) is 0 Å². The van der Waals surface area contributed by atoms with Gasteiger partial charge in [-0.1, -0.05) is 6.92 Å². The number of hydrogen-bond acceptors (Lipinski definition) is 4. The molecule has 1 aliphatic heterocycles. The highest BCUT2D eigenvalue weighted by atomic mass is 79.9. The maximum absolute atomic E-state index is 12.2. The van der Waals surface area contributed by atoms with Crippen molar-refractivity contribution >= 4 is 33.0 Å². The number of nitrogens with zero attached hydrogens (tertiary/aromatic N) is 3. The lowest BCUT2D eigenvalue weighted by molar-refractivity contribution is 0.445. The van der Waals surface area contributed by atoms with E-state index in [0.717, 1.165) is 27.4 Å². The van der Waals surface area contributed by atoms with E-state index in [1.807, 2.05) is 18.3 Å². The first kappa shape index (κ1) is 14.8. The molecule has 4 nitrogen and oxygen atoms in total. The maximum atomic E-state index is 12.2. The summed E-state index contributed by atoms with van der Waals surface area (Å²) in [5, 5.41) is 4.34. The Kier molecular flexibility index (Phi) is 4.45. The molecular weight excluding hydrogens is 350 g/mol. The third-order valence-electron chi connectivity index (χ3n) is 3.81. The van der Waals surface area contributed by atoms with E-state index in [0.29, 0.717) is 12.5 Å². The molecule has 21 heavy (non-hydrogen) atoms. The van der Waals surface area contributed by atoms with Crippen LogP contribution in [0.5, 0.6) is 0 Å². The smallest absolute Gasteiger partial charge is 0.269 e. The molecular formula is C15H18BrN3OS. The molecule has 6 heteroatoms. The molecule has 3 heterocycles. The molecule has 1 aliphatic rings. The van der Waals surface area contributed by atoms with Gasteiger partial charge in [-0.3, -0.25) is 4.79 Å². The Balaban J connectivity index is 1.78. The molecule has 1 fully saturated rings. The normalized spacial score (nSPS) is 19.0. The minimum atomic E-state index is -0.0322. The van der Waals surface area contributed by atoms with Gasteiger partial charge in [0.2, 0.25) is 0 Å². The van der Waals surface area contributed by atoms with Crippen LogP contribution in [0.15, 0.2) is 33.0 Å². The van der Waals surface area contributed by atoms with Gasteiger partial charge in [-0.2, -0.15) is 5.10 Å². The molecule has 1 atom stereocenters. The first-order valence-electron chi connectivity index (χ1n) is 7.18. The quantitative estimate of drug-likeness (QED) is 0.834. The molecule has 1 saturated heterocycles. The molecule has 0 saturated carbocycles. The first-order chi connectivity index (χ1) is 10.1. The molecule has 2 aromatic heterocycles. The number of halogens is 1. The van der Waals surface area contributed by atoms with Crippen LogP contribution in [0, 0.1) is 5.92 Å². The molecule has 0 radical (unpaired) electrons. The maximum Gasteiger partial charge on any atom is 0.269 e. The molecule has 3 rings (SSSR count). The fraction of sp³-hybridized carbons (Fsp3) is 0.467. The Bertz CT molecular complexity index is 682. The van der Waals surface area contributed by atoms with Crippen LogP contribution in [0.3, 0.4) is 0 Å². The lowest BCUT2D eigenvalue weighted by atomic mass is 10.00. The van der Waals surface area contributed by atoms with Gasteiger partial charge in [-0.15, -0.1) is 11.3 Å². The number of rotatable bonds is 3. The van der Waals surface area contributed by atoms with Crippen molar-refractivity contribution in [3.8, 4) is 0 Å². The van der Waals surface area contributed by atoms with Crippen LogP contribution in [0.4, 0.5) is 5.69 Å². The van der Waals surface area contributed by atoms with E-state index in [2.05, 4.69) is 32.9 Å². The van der Waals surface area contributed by atoms with Crippen LogP contribution in [0.1, 0.15) is 24.6 Å². The fourth-order valence-electron chi connectivity index (χ4n) is 2.72. The van der Waals surface area contributed by atoms with Crippen LogP contribution >= 0.6 is 27.3 Å². The largest absolute Gasteiger partial charge is 0.370 e.